The Morgan fingerprint density at radius 3 is 2.85 bits per heavy atom. The van der Waals surface area contributed by atoms with Gasteiger partial charge in [0.05, 0.1) is 18.4 Å². The van der Waals surface area contributed by atoms with Gasteiger partial charge in [0.1, 0.15) is 17.8 Å². The first-order valence-corrected chi connectivity index (χ1v) is 5.78. The number of carbonyl (C=O) groups excluding carboxylic acids is 1. The van der Waals surface area contributed by atoms with Crippen LogP contribution in [-0.4, -0.2) is 33.6 Å². The van der Waals surface area contributed by atoms with Crippen LogP contribution in [0.1, 0.15) is 10.6 Å². The monoisotopic (exact) mass is 270 g/mol. The highest BCUT2D eigenvalue weighted by Gasteiger charge is 2.12. The molecule has 7 nitrogen and oxygen atoms in total. The van der Waals surface area contributed by atoms with E-state index >= 15 is 0 Å². The van der Waals surface area contributed by atoms with E-state index in [9.17, 15) is 4.79 Å². The number of benzene rings is 1. The average molecular weight is 270 g/mol. The molecule has 0 bridgehead atoms. The Hall–Kier alpha value is -2.96. The molecule has 1 aromatic carbocycles. The van der Waals surface area contributed by atoms with E-state index in [2.05, 4.69) is 15.5 Å². The molecule has 0 radical (unpaired) electrons. The topological polar surface area (TPSA) is 83.0 Å². The van der Waals surface area contributed by atoms with Crippen molar-refractivity contribution >= 4 is 6.29 Å². The Morgan fingerprint density at radius 1 is 1.30 bits per heavy atom. The van der Waals surface area contributed by atoms with Gasteiger partial charge in [0.2, 0.25) is 0 Å². The first kappa shape index (κ1) is 12.1. The minimum absolute atomic E-state index is 0.270. The van der Waals surface area contributed by atoms with E-state index in [-0.39, 0.29) is 5.76 Å². The molecule has 0 aliphatic rings. The SMILES string of the molecule is COc1cc(-n2cnnn2)ccc1-c1ccc(C=O)o1. The van der Waals surface area contributed by atoms with Gasteiger partial charge in [-0.25, -0.2) is 4.68 Å². The predicted molar refractivity (Wildman–Crippen MR) is 68.8 cm³/mol. The normalized spacial score (nSPS) is 10.4. The summed E-state index contributed by atoms with van der Waals surface area (Å²) in [5, 5.41) is 11.0. The molecule has 0 saturated heterocycles. The maximum Gasteiger partial charge on any atom is 0.185 e. The molecule has 3 aromatic rings. The maximum atomic E-state index is 10.7. The summed E-state index contributed by atoms with van der Waals surface area (Å²) in [7, 11) is 1.56. The summed E-state index contributed by atoms with van der Waals surface area (Å²) >= 11 is 0. The van der Waals surface area contributed by atoms with Crippen LogP contribution in [0.5, 0.6) is 5.75 Å². The third kappa shape index (κ3) is 2.05. The summed E-state index contributed by atoms with van der Waals surface area (Å²) in [4.78, 5) is 10.7. The Balaban J connectivity index is 2.06. The fourth-order valence-electron chi connectivity index (χ4n) is 1.87. The zero-order chi connectivity index (χ0) is 13.9. The third-order valence-electron chi connectivity index (χ3n) is 2.81. The van der Waals surface area contributed by atoms with Gasteiger partial charge in [0.15, 0.2) is 12.0 Å². The van der Waals surface area contributed by atoms with E-state index in [4.69, 9.17) is 9.15 Å². The summed E-state index contributed by atoms with van der Waals surface area (Å²) in [5.41, 5.74) is 1.51. The van der Waals surface area contributed by atoms with Crippen molar-refractivity contribution in [3.63, 3.8) is 0 Å². The lowest BCUT2D eigenvalue weighted by atomic mass is 10.1. The lowest BCUT2D eigenvalue weighted by Gasteiger charge is -2.08. The quantitative estimate of drug-likeness (QED) is 0.671. The van der Waals surface area contributed by atoms with Crippen LogP contribution in [0.2, 0.25) is 0 Å². The summed E-state index contributed by atoms with van der Waals surface area (Å²) in [6.45, 7) is 0. The van der Waals surface area contributed by atoms with Gasteiger partial charge in [-0.05, 0) is 34.7 Å². The van der Waals surface area contributed by atoms with E-state index in [1.807, 2.05) is 12.1 Å². The Bertz CT molecular complexity index is 734. The van der Waals surface area contributed by atoms with Crippen LogP contribution in [0.3, 0.4) is 0 Å². The van der Waals surface area contributed by atoms with Gasteiger partial charge < -0.3 is 9.15 Å². The van der Waals surface area contributed by atoms with Crippen LogP contribution in [-0.2, 0) is 0 Å². The minimum Gasteiger partial charge on any atom is -0.496 e. The van der Waals surface area contributed by atoms with Crippen molar-refractivity contribution in [2.75, 3.05) is 7.11 Å². The number of hydrogen-bond donors (Lipinski definition) is 0. The van der Waals surface area contributed by atoms with E-state index in [0.717, 1.165) is 11.3 Å². The molecule has 0 atom stereocenters. The van der Waals surface area contributed by atoms with Crippen LogP contribution >= 0.6 is 0 Å². The first-order chi connectivity index (χ1) is 9.81. The van der Waals surface area contributed by atoms with Crippen molar-refractivity contribution in [2.45, 2.75) is 0 Å². The molecule has 0 N–H and O–H groups in total. The zero-order valence-corrected chi connectivity index (χ0v) is 10.6. The lowest BCUT2D eigenvalue weighted by Crippen LogP contribution is -1.97. The van der Waals surface area contributed by atoms with Crippen LogP contribution in [0.15, 0.2) is 41.1 Å². The predicted octanol–water partition coefficient (Wildman–Crippen LogP) is 1.74. The number of tetrazole rings is 1. The Labute approximate surface area is 113 Å². The Morgan fingerprint density at radius 2 is 2.20 bits per heavy atom. The highest BCUT2D eigenvalue weighted by atomic mass is 16.5. The van der Waals surface area contributed by atoms with Crippen molar-refractivity contribution in [1.29, 1.82) is 0 Å². The number of nitrogens with zero attached hydrogens (tertiary/aromatic N) is 4. The molecule has 0 spiro atoms. The molecule has 0 aliphatic heterocycles. The second-order valence-electron chi connectivity index (χ2n) is 3.96. The smallest absolute Gasteiger partial charge is 0.185 e. The fraction of sp³-hybridized carbons (Fsp3) is 0.0769. The summed E-state index contributed by atoms with van der Waals surface area (Å²) in [5.74, 6) is 1.43. The van der Waals surface area contributed by atoms with Crippen molar-refractivity contribution in [3.8, 4) is 22.8 Å². The molecule has 0 unspecified atom stereocenters. The number of rotatable bonds is 4. The van der Waals surface area contributed by atoms with Crippen molar-refractivity contribution in [3.05, 3.63) is 42.4 Å². The summed E-state index contributed by atoms with van der Waals surface area (Å²) < 4.78 is 12.3. The molecule has 0 saturated carbocycles. The number of ether oxygens (including phenoxy) is 1. The molecule has 3 rings (SSSR count). The average Bonchev–Trinajstić information content (AvgIpc) is 3.17. The third-order valence-corrected chi connectivity index (χ3v) is 2.81. The van der Waals surface area contributed by atoms with E-state index < -0.39 is 0 Å². The summed E-state index contributed by atoms with van der Waals surface area (Å²) in [6.07, 6.45) is 2.15. The van der Waals surface area contributed by atoms with Crippen molar-refractivity contribution < 1.29 is 13.9 Å². The number of methoxy groups -OCH3 is 1. The number of aromatic nitrogens is 4. The largest absolute Gasteiger partial charge is 0.496 e. The van der Waals surface area contributed by atoms with Crippen molar-refractivity contribution in [2.24, 2.45) is 0 Å². The fourth-order valence-corrected chi connectivity index (χ4v) is 1.87. The van der Waals surface area contributed by atoms with Crippen LogP contribution in [0, 0.1) is 0 Å². The molecule has 7 heteroatoms. The first-order valence-electron chi connectivity index (χ1n) is 5.78. The standard InChI is InChI=1S/C13H10N4O3/c1-19-13-6-9(17-8-14-15-16-17)2-4-11(13)12-5-3-10(7-18)20-12/h2-8H,1H3. The van der Waals surface area contributed by atoms with Gasteiger partial charge in [-0.2, -0.15) is 0 Å². The highest BCUT2D eigenvalue weighted by molar-refractivity contribution is 5.74. The van der Waals surface area contributed by atoms with Gasteiger partial charge in [-0.3, -0.25) is 4.79 Å². The molecule has 0 fully saturated rings. The van der Waals surface area contributed by atoms with Crippen LogP contribution < -0.4 is 4.74 Å². The number of aldehydes is 1. The van der Waals surface area contributed by atoms with Gasteiger partial charge in [0, 0.05) is 6.07 Å². The van der Waals surface area contributed by atoms with Gasteiger partial charge in [-0.1, -0.05) is 0 Å². The number of carbonyl (C=O) groups is 1. The molecule has 100 valence electrons. The molecular formula is C13H10N4O3. The van der Waals surface area contributed by atoms with Crippen LogP contribution in [0.4, 0.5) is 0 Å². The molecule has 2 heterocycles. The zero-order valence-electron chi connectivity index (χ0n) is 10.6. The van der Waals surface area contributed by atoms with E-state index in [1.165, 1.54) is 11.0 Å². The molecule has 2 aromatic heterocycles. The second kappa shape index (κ2) is 4.96. The number of furan rings is 1. The second-order valence-corrected chi connectivity index (χ2v) is 3.96. The minimum atomic E-state index is 0.270. The molecule has 20 heavy (non-hydrogen) atoms. The molecule has 0 amide bonds. The van der Waals surface area contributed by atoms with Crippen molar-refractivity contribution in [1.82, 2.24) is 20.2 Å². The maximum absolute atomic E-state index is 10.7. The van der Waals surface area contributed by atoms with Gasteiger partial charge in [0.25, 0.3) is 0 Å². The highest BCUT2D eigenvalue weighted by Crippen LogP contribution is 2.32. The van der Waals surface area contributed by atoms with E-state index in [0.29, 0.717) is 17.8 Å². The lowest BCUT2D eigenvalue weighted by molar-refractivity contribution is 0.110. The number of hydrogen-bond acceptors (Lipinski definition) is 6. The van der Waals surface area contributed by atoms with E-state index in [1.54, 1.807) is 25.3 Å². The van der Waals surface area contributed by atoms with Crippen LogP contribution in [0.25, 0.3) is 17.0 Å². The molecule has 0 aliphatic carbocycles. The summed E-state index contributed by atoms with van der Waals surface area (Å²) in [6, 6.07) is 8.77. The Kier molecular flexibility index (Phi) is 3.00. The van der Waals surface area contributed by atoms with Gasteiger partial charge >= 0.3 is 0 Å². The van der Waals surface area contributed by atoms with Gasteiger partial charge in [-0.15, -0.1) is 5.10 Å². The molecular weight excluding hydrogens is 260 g/mol.